The monoisotopic (exact) mass is 373 g/mol. The van der Waals surface area contributed by atoms with Crippen molar-refractivity contribution in [2.75, 3.05) is 23.7 Å². The van der Waals surface area contributed by atoms with Crippen molar-refractivity contribution in [1.82, 2.24) is 5.32 Å². The number of rotatable bonds is 4. The average Bonchev–Trinajstić information content (AvgIpc) is 2.65. The lowest BCUT2D eigenvalue weighted by Gasteiger charge is -2.22. The molecule has 0 spiro atoms. The number of nitrogens with one attached hydrogen (secondary N) is 3. The number of anilines is 2. The van der Waals surface area contributed by atoms with E-state index in [1.807, 2.05) is 43.3 Å². The van der Waals surface area contributed by atoms with Gasteiger partial charge in [0.1, 0.15) is 0 Å². The maximum absolute atomic E-state index is 12.5. The highest BCUT2D eigenvalue weighted by Crippen LogP contribution is 2.22. The Kier molecular flexibility index (Phi) is 7.18. The van der Waals surface area contributed by atoms with E-state index in [0.29, 0.717) is 11.3 Å². The van der Waals surface area contributed by atoms with Crippen LogP contribution in [0.5, 0.6) is 0 Å². The molecule has 0 unspecified atom stereocenters. The van der Waals surface area contributed by atoms with Crippen LogP contribution < -0.4 is 16.0 Å². The van der Waals surface area contributed by atoms with Crippen molar-refractivity contribution < 1.29 is 9.59 Å². The summed E-state index contributed by atoms with van der Waals surface area (Å²) in [4.78, 5) is 25.0. The van der Waals surface area contributed by atoms with Crippen LogP contribution >= 0.6 is 12.4 Å². The zero-order chi connectivity index (χ0) is 17.6. The fraction of sp³-hybridized carbons (Fsp3) is 0.300. The Morgan fingerprint density at radius 1 is 0.962 bits per heavy atom. The summed E-state index contributed by atoms with van der Waals surface area (Å²) in [6, 6.07) is 14.7. The summed E-state index contributed by atoms with van der Waals surface area (Å²) in [7, 11) is 0. The predicted molar refractivity (Wildman–Crippen MR) is 107 cm³/mol. The second-order valence-corrected chi connectivity index (χ2v) is 6.31. The normalized spacial score (nSPS) is 14.2. The van der Waals surface area contributed by atoms with E-state index in [0.717, 1.165) is 37.2 Å². The third-order valence-corrected chi connectivity index (χ3v) is 4.58. The molecule has 26 heavy (non-hydrogen) atoms. The summed E-state index contributed by atoms with van der Waals surface area (Å²) in [6.07, 6.45) is 1.69. The lowest BCUT2D eigenvalue weighted by Crippen LogP contribution is -2.34. The van der Waals surface area contributed by atoms with Crippen LogP contribution in [0, 0.1) is 12.8 Å². The molecular formula is C20H24ClN3O2. The highest BCUT2D eigenvalue weighted by Gasteiger charge is 2.22. The topological polar surface area (TPSA) is 70.2 Å². The number of halogens is 1. The molecular weight excluding hydrogens is 350 g/mol. The first kappa shape index (κ1) is 19.9. The highest BCUT2D eigenvalue weighted by atomic mass is 35.5. The van der Waals surface area contributed by atoms with Crippen LogP contribution in [0.25, 0.3) is 0 Å². The molecule has 1 saturated heterocycles. The van der Waals surface area contributed by atoms with Gasteiger partial charge in [-0.1, -0.05) is 24.3 Å². The fourth-order valence-electron chi connectivity index (χ4n) is 3.06. The molecule has 3 N–H and O–H groups in total. The third kappa shape index (κ3) is 4.84. The van der Waals surface area contributed by atoms with Crippen LogP contribution in [0.3, 0.4) is 0 Å². The maximum atomic E-state index is 12.5. The van der Waals surface area contributed by atoms with E-state index in [4.69, 9.17) is 0 Å². The van der Waals surface area contributed by atoms with Crippen LogP contribution in [-0.2, 0) is 4.79 Å². The van der Waals surface area contributed by atoms with Gasteiger partial charge in [-0.3, -0.25) is 9.59 Å². The van der Waals surface area contributed by atoms with Gasteiger partial charge in [-0.15, -0.1) is 12.4 Å². The molecule has 0 bridgehead atoms. The molecule has 5 nitrogen and oxygen atoms in total. The number of carbonyl (C=O) groups excluding carboxylic acids is 2. The minimum atomic E-state index is -0.179. The van der Waals surface area contributed by atoms with Crippen molar-refractivity contribution in [3.05, 3.63) is 59.7 Å². The van der Waals surface area contributed by atoms with Gasteiger partial charge >= 0.3 is 0 Å². The molecule has 1 heterocycles. The maximum Gasteiger partial charge on any atom is 0.256 e. The first-order valence-corrected chi connectivity index (χ1v) is 8.63. The quantitative estimate of drug-likeness (QED) is 0.766. The van der Waals surface area contributed by atoms with E-state index in [-0.39, 0.29) is 30.1 Å². The van der Waals surface area contributed by atoms with Crippen molar-refractivity contribution >= 4 is 35.6 Å². The van der Waals surface area contributed by atoms with Crippen LogP contribution in [0.1, 0.15) is 28.8 Å². The number of hydrogen-bond donors (Lipinski definition) is 3. The van der Waals surface area contributed by atoms with Gasteiger partial charge < -0.3 is 16.0 Å². The third-order valence-electron chi connectivity index (χ3n) is 4.58. The molecule has 0 radical (unpaired) electrons. The van der Waals surface area contributed by atoms with E-state index in [9.17, 15) is 9.59 Å². The van der Waals surface area contributed by atoms with E-state index < -0.39 is 0 Å². The summed E-state index contributed by atoms with van der Waals surface area (Å²) >= 11 is 0. The number of hydrogen-bond acceptors (Lipinski definition) is 3. The number of para-hydroxylation sites is 1. The van der Waals surface area contributed by atoms with Gasteiger partial charge in [0.2, 0.25) is 5.91 Å². The van der Waals surface area contributed by atoms with Gasteiger partial charge in [0.15, 0.2) is 0 Å². The molecule has 2 aromatic rings. The minimum Gasteiger partial charge on any atom is -0.326 e. The Hall–Kier alpha value is -2.37. The summed E-state index contributed by atoms with van der Waals surface area (Å²) in [5.41, 5.74) is 2.78. The molecule has 1 fully saturated rings. The van der Waals surface area contributed by atoms with Gasteiger partial charge in [-0.2, -0.15) is 0 Å². The average molecular weight is 374 g/mol. The van der Waals surface area contributed by atoms with Crippen molar-refractivity contribution in [3.63, 3.8) is 0 Å². The highest BCUT2D eigenvalue weighted by molar-refractivity contribution is 6.06. The minimum absolute atomic E-state index is 0. The summed E-state index contributed by atoms with van der Waals surface area (Å²) < 4.78 is 0. The SMILES string of the molecule is Cc1c(NC(=O)C2CCNCC2)cccc1C(=O)Nc1ccccc1.Cl. The molecule has 138 valence electrons. The first-order chi connectivity index (χ1) is 12.1. The molecule has 0 saturated carbocycles. The van der Waals surface area contributed by atoms with Gasteiger partial charge in [-0.05, 0) is 62.7 Å². The fourth-order valence-corrected chi connectivity index (χ4v) is 3.06. The zero-order valence-electron chi connectivity index (χ0n) is 14.7. The molecule has 3 rings (SSSR count). The van der Waals surface area contributed by atoms with E-state index in [1.54, 1.807) is 12.1 Å². The van der Waals surface area contributed by atoms with Crippen molar-refractivity contribution in [1.29, 1.82) is 0 Å². The molecule has 6 heteroatoms. The molecule has 2 amide bonds. The molecule has 0 aliphatic carbocycles. The number of amides is 2. The largest absolute Gasteiger partial charge is 0.326 e. The van der Waals surface area contributed by atoms with Gasteiger partial charge in [0.25, 0.3) is 5.91 Å². The Labute approximate surface area is 160 Å². The lowest BCUT2D eigenvalue weighted by atomic mass is 9.96. The second-order valence-electron chi connectivity index (χ2n) is 6.31. The summed E-state index contributed by atoms with van der Waals surface area (Å²) in [5.74, 6) is -0.116. The van der Waals surface area contributed by atoms with E-state index in [1.165, 1.54) is 0 Å². The molecule has 2 aromatic carbocycles. The van der Waals surface area contributed by atoms with Gasteiger partial charge in [0.05, 0.1) is 0 Å². The van der Waals surface area contributed by atoms with Gasteiger partial charge in [0, 0.05) is 22.9 Å². The Bertz CT molecular complexity index is 759. The molecule has 1 aliphatic heterocycles. The van der Waals surface area contributed by atoms with Crippen LogP contribution in [0.15, 0.2) is 48.5 Å². The lowest BCUT2D eigenvalue weighted by molar-refractivity contribution is -0.120. The van der Waals surface area contributed by atoms with Crippen molar-refractivity contribution in [3.8, 4) is 0 Å². The smallest absolute Gasteiger partial charge is 0.256 e. The number of carbonyl (C=O) groups is 2. The van der Waals surface area contributed by atoms with E-state index in [2.05, 4.69) is 16.0 Å². The molecule has 1 aliphatic rings. The second kappa shape index (κ2) is 9.36. The molecule has 0 atom stereocenters. The number of benzene rings is 2. The zero-order valence-corrected chi connectivity index (χ0v) is 15.6. The first-order valence-electron chi connectivity index (χ1n) is 8.63. The Morgan fingerprint density at radius 2 is 1.65 bits per heavy atom. The summed E-state index contributed by atoms with van der Waals surface area (Å²) in [5, 5.41) is 9.13. The van der Waals surface area contributed by atoms with E-state index >= 15 is 0 Å². The molecule has 0 aromatic heterocycles. The van der Waals surface area contributed by atoms with Crippen molar-refractivity contribution in [2.45, 2.75) is 19.8 Å². The standard InChI is InChI=1S/C20H23N3O2.ClH/c1-14-17(20(25)22-16-6-3-2-4-7-16)8-5-9-18(14)23-19(24)15-10-12-21-13-11-15;/h2-9,15,21H,10-13H2,1H3,(H,22,25)(H,23,24);1H. The van der Waals surface area contributed by atoms with Crippen LogP contribution in [0.4, 0.5) is 11.4 Å². The number of piperidine rings is 1. The Morgan fingerprint density at radius 3 is 2.35 bits per heavy atom. The van der Waals surface area contributed by atoms with Crippen molar-refractivity contribution in [2.24, 2.45) is 5.92 Å². The van der Waals surface area contributed by atoms with Crippen LogP contribution in [0.2, 0.25) is 0 Å². The summed E-state index contributed by atoms with van der Waals surface area (Å²) in [6.45, 7) is 3.60. The predicted octanol–water partition coefficient (Wildman–Crippen LogP) is 3.61. The van der Waals surface area contributed by atoms with Crippen LogP contribution in [-0.4, -0.2) is 24.9 Å². The Balaban J connectivity index is 0.00000243. The van der Waals surface area contributed by atoms with Gasteiger partial charge in [-0.25, -0.2) is 0 Å².